The second-order valence-electron chi connectivity index (χ2n) is 3.88. The first-order valence-electron chi connectivity index (χ1n) is 5.40. The van der Waals surface area contributed by atoms with Crippen LogP contribution in [0.2, 0.25) is 0 Å². The fraction of sp³-hybridized carbons (Fsp3) is 0.167. The van der Waals surface area contributed by atoms with E-state index >= 15 is 0 Å². The number of aliphatic hydroxyl groups excluding tert-OH is 1. The van der Waals surface area contributed by atoms with Gasteiger partial charge in [0.2, 0.25) is 0 Å². The molecule has 0 spiro atoms. The van der Waals surface area contributed by atoms with Crippen LogP contribution in [0.15, 0.2) is 35.1 Å². The molecule has 1 aromatic carbocycles. The number of nitrogens with one attached hydrogen (secondary N) is 1. The van der Waals surface area contributed by atoms with Gasteiger partial charge >= 0.3 is 5.69 Å². The van der Waals surface area contributed by atoms with Gasteiger partial charge in [-0.3, -0.25) is 0 Å². The van der Waals surface area contributed by atoms with E-state index in [1.54, 1.807) is 0 Å². The van der Waals surface area contributed by atoms with Gasteiger partial charge in [0, 0.05) is 18.4 Å². The molecule has 2 N–H and O–H groups in total. The monoisotopic (exact) mass is 229 g/mol. The number of rotatable bonds is 2. The molecule has 3 rings (SSSR count). The number of aromatic nitrogens is 3. The molecular formula is C12H11N3O2. The lowest BCUT2D eigenvalue weighted by atomic mass is 10.2. The van der Waals surface area contributed by atoms with Crippen molar-refractivity contribution in [3.63, 3.8) is 0 Å². The minimum Gasteiger partial charge on any atom is -0.396 e. The number of nitrogens with zero attached hydrogens (tertiary/aromatic N) is 2. The molecule has 0 bridgehead atoms. The summed E-state index contributed by atoms with van der Waals surface area (Å²) in [4.78, 5) is 14.6. The van der Waals surface area contributed by atoms with Gasteiger partial charge in [-0.1, -0.05) is 18.2 Å². The van der Waals surface area contributed by atoms with E-state index in [2.05, 4.69) is 10.1 Å². The van der Waals surface area contributed by atoms with Crippen LogP contribution in [0.4, 0.5) is 0 Å². The summed E-state index contributed by atoms with van der Waals surface area (Å²) in [5.74, 6) is 0. The van der Waals surface area contributed by atoms with Crippen LogP contribution in [-0.2, 0) is 6.42 Å². The highest BCUT2D eigenvalue weighted by Gasteiger charge is 2.07. The largest absolute Gasteiger partial charge is 0.396 e. The standard InChI is InChI=1S/C12H11N3O2/c16-6-5-8-7-11-9-3-1-2-4-10(9)13-12(17)15(11)14-8/h1-4,7,16H,5-6H2,(H,13,17). The molecule has 2 aromatic heterocycles. The quantitative estimate of drug-likeness (QED) is 0.680. The van der Waals surface area contributed by atoms with Gasteiger partial charge in [-0.15, -0.1) is 0 Å². The molecule has 5 nitrogen and oxygen atoms in total. The Kier molecular flexibility index (Phi) is 2.19. The molecular weight excluding hydrogens is 218 g/mol. The summed E-state index contributed by atoms with van der Waals surface area (Å²) in [5, 5.41) is 14.0. The van der Waals surface area contributed by atoms with Crippen LogP contribution in [0.1, 0.15) is 5.69 Å². The minimum atomic E-state index is -0.261. The number of benzene rings is 1. The molecule has 0 aliphatic carbocycles. The van der Waals surface area contributed by atoms with Gasteiger partial charge in [-0.05, 0) is 12.1 Å². The predicted octanol–water partition coefficient (Wildman–Crippen LogP) is 0.711. The summed E-state index contributed by atoms with van der Waals surface area (Å²) in [6.45, 7) is 0.0275. The summed E-state index contributed by atoms with van der Waals surface area (Å²) in [6, 6.07) is 9.42. The third-order valence-corrected chi connectivity index (χ3v) is 2.76. The molecule has 0 radical (unpaired) electrons. The zero-order chi connectivity index (χ0) is 11.8. The highest BCUT2D eigenvalue weighted by atomic mass is 16.3. The van der Waals surface area contributed by atoms with E-state index in [4.69, 9.17) is 5.11 Å². The first kappa shape index (κ1) is 10.0. The fourth-order valence-electron chi connectivity index (χ4n) is 2.00. The van der Waals surface area contributed by atoms with Gasteiger partial charge in [0.1, 0.15) is 0 Å². The smallest absolute Gasteiger partial charge is 0.347 e. The second-order valence-corrected chi connectivity index (χ2v) is 3.88. The number of hydrogen-bond donors (Lipinski definition) is 2. The SMILES string of the molecule is O=c1[nH]c2ccccc2c2cc(CCO)nn12. The lowest BCUT2D eigenvalue weighted by Crippen LogP contribution is -2.17. The summed E-state index contributed by atoms with van der Waals surface area (Å²) < 4.78 is 1.34. The molecule has 0 aliphatic rings. The van der Waals surface area contributed by atoms with Gasteiger partial charge in [0.05, 0.1) is 16.7 Å². The number of para-hydroxylation sites is 1. The molecule has 0 saturated heterocycles. The van der Waals surface area contributed by atoms with Gasteiger partial charge < -0.3 is 10.1 Å². The Bertz CT molecular complexity index is 742. The van der Waals surface area contributed by atoms with E-state index in [0.29, 0.717) is 12.1 Å². The van der Waals surface area contributed by atoms with Crippen molar-refractivity contribution in [3.8, 4) is 0 Å². The Morgan fingerprint density at radius 1 is 1.35 bits per heavy atom. The Hall–Kier alpha value is -2.14. The molecule has 2 heterocycles. The van der Waals surface area contributed by atoms with Crippen molar-refractivity contribution in [1.29, 1.82) is 0 Å². The van der Waals surface area contributed by atoms with Crippen molar-refractivity contribution in [2.45, 2.75) is 6.42 Å². The van der Waals surface area contributed by atoms with Crippen LogP contribution in [0.5, 0.6) is 0 Å². The average Bonchev–Trinajstić information content (AvgIpc) is 2.74. The normalized spacial score (nSPS) is 11.4. The molecule has 0 atom stereocenters. The van der Waals surface area contributed by atoms with Gasteiger partial charge in [0.25, 0.3) is 0 Å². The number of aromatic amines is 1. The van der Waals surface area contributed by atoms with Crippen molar-refractivity contribution in [2.75, 3.05) is 6.61 Å². The summed E-state index contributed by atoms with van der Waals surface area (Å²) >= 11 is 0. The van der Waals surface area contributed by atoms with Crippen LogP contribution in [0.3, 0.4) is 0 Å². The van der Waals surface area contributed by atoms with Crippen LogP contribution >= 0.6 is 0 Å². The maximum absolute atomic E-state index is 11.8. The van der Waals surface area contributed by atoms with E-state index in [-0.39, 0.29) is 12.3 Å². The molecule has 0 saturated carbocycles. The van der Waals surface area contributed by atoms with Crippen LogP contribution < -0.4 is 5.69 Å². The third-order valence-electron chi connectivity index (χ3n) is 2.76. The molecule has 0 amide bonds. The Morgan fingerprint density at radius 2 is 2.18 bits per heavy atom. The van der Waals surface area contributed by atoms with Crippen LogP contribution in [-0.4, -0.2) is 26.3 Å². The zero-order valence-electron chi connectivity index (χ0n) is 9.05. The molecule has 86 valence electrons. The number of H-pyrrole nitrogens is 1. The number of aliphatic hydroxyl groups is 1. The first-order valence-corrected chi connectivity index (χ1v) is 5.40. The number of fused-ring (bicyclic) bond motifs is 3. The Morgan fingerprint density at radius 3 is 3.00 bits per heavy atom. The van der Waals surface area contributed by atoms with Crippen molar-refractivity contribution < 1.29 is 5.11 Å². The van der Waals surface area contributed by atoms with Crippen LogP contribution in [0, 0.1) is 0 Å². The maximum atomic E-state index is 11.8. The van der Waals surface area contributed by atoms with E-state index in [0.717, 1.165) is 16.4 Å². The van der Waals surface area contributed by atoms with Crippen LogP contribution in [0.25, 0.3) is 16.4 Å². The molecule has 3 aromatic rings. The number of hydrogen-bond acceptors (Lipinski definition) is 3. The van der Waals surface area contributed by atoms with E-state index < -0.39 is 0 Å². The Labute approximate surface area is 96.3 Å². The van der Waals surface area contributed by atoms with Crippen molar-refractivity contribution >= 4 is 16.4 Å². The zero-order valence-corrected chi connectivity index (χ0v) is 9.05. The summed E-state index contributed by atoms with van der Waals surface area (Å²) in [7, 11) is 0. The molecule has 5 heteroatoms. The fourth-order valence-corrected chi connectivity index (χ4v) is 2.00. The highest BCUT2D eigenvalue weighted by molar-refractivity contribution is 5.93. The van der Waals surface area contributed by atoms with Gasteiger partial charge in [0.15, 0.2) is 0 Å². The van der Waals surface area contributed by atoms with Gasteiger partial charge in [-0.25, -0.2) is 4.79 Å². The second kappa shape index (κ2) is 3.71. The third kappa shape index (κ3) is 1.52. The van der Waals surface area contributed by atoms with E-state index in [9.17, 15) is 4.79 Å². The van der Waals surface area contributed by atoms with E-state index in [1.807, 2.05) is 30.3 Å². The molecule has 0 unspecified atom stereocenters. The maximum Gasteiger partial charge on any atom is 0.347 e. The van der Waals surface area contributed by atoms with Crippen molar-refractivity contribution in [1.82, 2.24) is 14.6 Å². The summed E-state index contributed by atoms with van der Waals surface area (Å²) in [5.41, 5.74) is 2.02. The predicted molar refractivity (Wildman–Crippen MR) is 64.1 cm³/mol. The van der Waals surface area contributed by atoms with Gasteiger partial charge in [-0.2, -0.15) is 9.61 Å². The average molecular weight is 229 g/mol. The topological polar surface area (TPSA) is 70.4 Å². The highest BCUT2D eigenvalue weighted by Crippen LogP contribution is 2.16. The minimum absolute atomic E-state index is 0.0275. The molecule has 0 fully saturated rings. The first-order chi connectivity index (χ1) is 8.29. The molecule has 17 heavy (non-hydrogen) atoms. The van der Waals surface area contributed by atoms with Crippen molar-refractivity contribution in [2.24, 2.45) is 0 Å². The molecule has 0 aliphatic heterocycles. The Balaban J connectivity index is 2.43. The lowest BCUT2D eigenvalue weighted by molar-refractivity contribution is 0.298. The lowest BCUT2D eigenvalue weighted by Gasteiger charge is -1.98. The summed E-state index contributed by atoms with van der Waals surface area (Å²) in [6.07, 6.45) is 0.454. The van der Waals surface area contributed by atoms with E-state index in [1.165, 1.54) is 4.52 Å². The van der Waals surface area contributed by atoms with Crippen molar-refractivity contribution in [3.05, 3.63) is 46.5 Å².